The summed E-state index contributed by atoms with van der Waals surface area (Å²) in [6, 6.07) is 10.8. The number of hydrogen-bond donors (Lipinski definition) is 1. The zero-order valence-corrected chi connectivity index (χ0v) is 14.5. The minimum Gasteiger partial charge on any atom is -0.214 e. The number of hydrogen-bond acceptors (Lipinski definition) is 3. The van der Waals surface area contributed by atoms with Gasteiger partial charge < -0.3 is 0 Å². The van der Waals surface area contributed by atoms with Gasteiger partial charge in [0.25, 0.3) is 0 Å². The first-order valence-corrected chi connectivity index (χ1v) is 8.19. The van der Waals surface area contributed by atoms with Gasteiger partial charge in [-0.25, -0.2) is 5.10 Å². The summed E-state index contributed by atoms with van der Waals surface area (Å²) in [5.74, 6) is 1.58. The van der Waals surface area contributed by atoms with Gasteiger partial charge in [0, 0.05) is 17.9 Å². The number of rotatable bonds is 2. The quantitative estimate of drug-likeness (QED) is 0.581. The highest BCUT2D eigenvalue weighted by molar-refractivity contribution is 7.99. The van der Waals surface area contributed by atoms with Crippen molar-refractivity contribution in [3.05, 3.63) is 47.4 Å². The third-order valence-corrected chi connectivity index (χ3v) is 4.53. The Morgan fingerprint density at radius 1 is 1.05 bits per heavy atom. The molecule has 1 aromatic carbocycles. The van der Waals surface area contributed by atoms with Crippen LogP contribution in [0, 0.1) is 13.8 Å². The van der Waals surface area contributed by atoms with E-state index >= 15 is 0 Å². The average molecular weight is 313 g/mol. The van der Waals surface area contributed by atoms with Crippen LogP contribution in [0.15, 0.2) is 40.3 Å². The zero-order valence-electron chi connectivity index (χ0n) is 13.6. The summed E-state index contributed by atoms with van der Waals surface area (Å²) in [7, 11) is 0. The van der Waals surface area contributed by atoms with Crippen LogP contribution < -0.4 is 4.52 Å². The molecule has 0 aliphatic heterocycles. The summed E-state index contributed by atoms with van der Waals surface area (Å²) in [6.07, 6.45) is 0. The maximum absolute atomic E-state index is 4.45. The second kappa shape index (κ2) is 5.39. The summed E-state index contributed by atoms with van der Waals surface area (Å²) >= 11 is 1.72. The highest BCUT2D eigenvalue weighted by atomic mass is 32.2. The topological polar surface area (TPSA) is 45.7 Å². The van der Waals surface area contributed by atoms with E-state index in [1.165, 1.54) is 10.5 Å². The number of benzene rings is 1. The van der Waals surface area contributed by atoms with Gasteiger partial charge in [-0.2, -0.15) is 0 Å². The number of nitrogens with zero attached hydrogens (tertiary/aromatic N) is 3. The van der Waals surface area contributed by atoms with Crippen molar-refractivity contribution in [2.75, 3.05) is 0 Å². The Morgan fingerprint density at radius 3 is 2.36 bits per heavy atom. The van der Waals surface area contributed by atoms with E-state index in [4.69, 9.17) is 0 Å². The predicted molar refractivity (Wildman–Crippen MR) is 88.3 cm³/mol. The van der Waals surface area contributed by atoms with Gasteiger partial charge in [0.15, 0.2) is 5.03 Å². The zero-order chi connectivity index (χ0) is 15.9. The van der Waals surface area contributed by atoms with Gasteiger partial charge in [0.05, 0.1) is 0 Å². The molecule has 5 heteroatoms. The SMILES string of the molecule is Cc1cc(Sc2ccc(C(C)(C)C)cc2)[n+]2[nH]c(C)nc2n1. The van der Waals surface area contributed by atoms with Gasteiger partial charge in [-0.1, -0.05) is 54.6 Å². The summed E-state index contributed by atoms with van der Waals surface area (Å²) in [6.45, 7) is 10.6. The van der Waals surface area contributed by atoms with E-state index in [1.807, 2.05) is 18.4 Å². The molecule has 0 atom stereocenters. The van der Waals surface area contributed by atoms with Crippen LogP contribution in [-0.2, 0) is 5.41 Å². The lowest BCUT2D eigenvalue weighted by Crippen LogP contribution is -2.27. The summed E-state index contributed by atoms with van der Waals surface area (Å²) in [4.78, 5) is 10.1. The number of fused-ring (bicyclic) bond motifs is 1. The number of aromatic amines is 1. The molecule has 4 nitrogen and oxygen atoms in total. The lowest BCUT2D eigenvalue weighted by atomic mass is 9.87. The normalized spacial score (nSPS) is 12.0. The van der Waals surface area contributed by atoms with Gasteiger partial charge in [0.1, 0.15) is 5.69 Å². The van der Waals surface area contributed by atoms with E-state index in [0.717, 1.165) is 16.5 Å². The van der Waals surface area contributed by atoms with Crippen LogP contribution in [0.5, 0.6) is 0 Å². The first kappa shape index (κ1) is 15.0. The molecule has 0 bridgehead atoms. The van der Waals surface area contributed by atoms with Crippen molar-refractivity contribution in [2.45, 2.75) is 50.0 Å². The van der Waals surface area contributed by atoms with Crippen molar-refractivity contribution < 1.29 is 4.52 Å². The van der Waals surface area contributed by atoms with Gasteiger partial charge in [0.2, 0.25) is 5.82 Å². The van der Waals surface area contributed by atoms with E-state index in [-0.39, 0.29) is 5.41 Å². The number of nitrogens with one attached hydrogen (secondary N) is 1. The minimum atomic E-state index is 0.180. The molecule has 0 saturated heterocycles. The molecule has 114 valence electrons. The Balaban J connectivity index is 1.96. The molecule has 0 radical (unpaired) electrons. The Bertz CT molecular complexity index is 813. The standard InChI is InChI=1S/C17H20N4S/c1-11-10-15(21-16(18-11)19-12(2)20-21)22-14-8-6-13(7-9-14)17(3,4)5/h6-10H,1-5H3/p+1. The van der Waals surface area contributed by atoms with Crippen LogP contribution in [0.4, 0.5) is 0 Å². The average Bonchev–Trinajstić information content (AvgIpc) is 2.78. The number of aryl methyl sites for hydroxylation is 2. The summed E-state index contributed by atoms with van der Waals surface area (Å²) < 4.78 is 1.94. The maximum atomic E-state index is 4.45. The molecular weight excluding hydrogens is 292 g/mol. The van der Waals surface area contributed by atoms with Crippen molar-refractivity contribution in [1.29, 1.82) is 0 Å². The molecule has 2 aromatic heterocycles. The lowest BCUT2D eigenvalue weighted by molar-refractivity contribution is -0.620. The van der Waals surface area contributed by atoms with Crippen LogP contribution in [0.25, 0.3) is 5.78 Å². The smallest absolute Gasteiger partial charge is 0.214 e. The number of aromatic nitrogens is 4. The predicted octanol–water partition coefficient (Wildman–Crippen LogP) is 3.61. The second-order valence-corrected chi connectivity index (χ2v) is 7.65. The second-order valence-electron chi connectivity index (χ2n) is 6.56. The molecule has 0 unspecified atom stereocenters. The summed E-state index contributed by atoms with van der Waals surface area (Å²) in [5, 5.41) is 4.32. The molecule has 3 rings (SSSR count). The molecule has 2 heterocycles. The largest absolute Gasteiger partial charge is 0.458 e. The van der Waals surface area contributed by atoms with E-state index in [1.54, 1.807) is 11.8 Å². The Morgan fingerprint density at radius 2 is 1.73 bits per heavy atom. The lowest BCUT2D eigenvalue weighted by Gasteiger charge is -2.18. The highest BCUT2D eigenvalue weighted by Gasteiger charge is 2.17. The Labute approximate surface area is 135 Å². The Hall–Kier alpha value is -1.88. The van der Waals surface area contributed by atoms with Crippen molar-refractivity contribution in [1.82, 2.24) is 15.1 Å². The molecule has 0 spiro atoms. The molecule has 3 aromatic rings. The van der Waals surface area contributed by atoms with Crippen LogP contribution in [0.3, 0.4) is 0 Å². The van der Waals surface area contributed by atoms with E-state index in [0.29, 0.717) is 5.78 Å². The molecular formula is C17H21N4S+. The monoisotopic (exact) mass is 313 g/mol. The highest BCUT2D eigenvalue weighted by Crippen LogP contribution is 2.29. The van der Waals surface area contributed by atoms with Gasteiger partial charge >= 0.3 is 5.78 Å². The van der Waals surface area contributed by atoms with Crippen LogP contribution in [-0.4, -0.2) is 15.1 Å². The molecule has 0 aliphatic rings. The van der Waals surface area contributed by atoms with E-state index < -0.39 is 0 Å². The van der Waals surface area contributed by atoms with E-state index in [9.17, 15) is 0 Å². The molecule has 22 heavy (non-hydrogen) atoms. The van der Waals surface area contributed by atoms with Gasteiger partial charge in [-0.05, 0) is 30.0 Å². The molecule has 1 N–H and O–H groups in total. The first-order valence-electron chi connectivity index (χ1n) is 7.37. The van der Waals surface area contributed by atoms with Crippen LogP contribution >= 0.6 is 11.8 Å². The summed E-state index contributed by atoms with van der Waals surface area (Å²) in [5.41, 5.74) is 2.50. The van der Waals surface area contributed by atoms with E-state index in [2.05, 4.69) is 66.2 Å². The maximum Gasteiger partial charge on any atom is 0.458 e. The molecule has 0 amide bonds. The van der Waals surface area contributed by atoms with Crippen LogP contribution in [0.2, 0.25) is 0 Å². The Kier molecular flexibility index (Phi) is 3.68. The number of H-pyrrole nitrogens is 1. The fourth-order valence-electron chi connectivity index (χ4n) is 2.32. The third-order valence-electron chi connectivity index (χ3n) is 3.51. The van der Waals surface area contributed by atoms with Gasteiger partial charge in [-0.15, -0.1) is 4.52 Å². The fraction of sp³-hybridized carbons (Fsp3) is 0.353. The van der Waals surface area contributed by atoms with Crippen molar-refractivity contribution in [3.63, 3.8) is 0 Å². The first-order chi connectivity index (χ1) is 10.3. The van der Waals surface area contributed by atoms with Crippen molar-refractivity contribution in [2.24, 2.45) is 0 Å². The van der Waals surface area contributed by atoms with Gasteiger partial charge in [-0.3, -0.25) is 0 Å². The molecule has 0 fully saturated rings. The minimum absolute atomic E-state index is 0.180. The molecule has 0 saturated carbocycles. The molecule has 0 aliphatic carbocycles. The van der Waals surface area contributed by atoms with Crippen molar-refractivity contribution >= 4 is 17.5 Å². The fourth-order valence-corrected chi connectivity index (χ4v) is 3.28. The van der Waals surface area contributed by atoms with Crippen molar-refractivity contribution in [3.8, 4) is 0 Å². The van der Waals surface area contributed by atoms with Crippen LogP contribution in [0.1, 0.15) is 37.9 Å². The third kappa shape index (κ3) is 2.99.